The number of nitrogens with zero attached hydrogens (tertiary/aromatic N) is 2. The Balaban J connectivity index is 1.46. The Morgan fingerprint density at radius 2 is 1.77 bits per heavy atom. The molecule has 0 radical (unpaired) electrons. The lowest BCUT2D eigenvalue weighted by atomic mass is 9.95. The predicted molar refractivity (Wildman–Crippen MR) is 113 cm³/mol. The van der Waals surface area contributed by atoms with Crippen molar-refractivity contribution in [3.8, 4) is 0 Å². The zero-order chi connectivity index (χ0) is 21.7. The van der Waals surface area contributed by atoms with Crippen molar-refractivity contribution in [3.63, 3.8) is 0 Å². The Hall–Kier alpha value is -3.09. The van der Waals surface area contributed by atoms with Gasteiger partial charge in [-0.1, -0.05) is 12.1 Å². The van der Waals surface area contributed by atoms with E-state index in [0.717, 1.165) is 5.56 Å². The van der Waals surface area contributed by atoms with Crippen LogP contribution in [0.15, 0.2) is 47.3 Å². The zero-order valence-electron chi connectivity index (χ0n) is 17.8. The second kappa shape index (κ2) is 9.61. The molecule has 0 spiro atoms. The molecular formula is C23H29N3O4. The minimum Gasteiger partial charge on any atom is -0.472 e. The molecule has 3 rings (SSSR count). The summed E-state index contributed by atoms with van der Waals surface area (Å²) in [5.74, 6) is -0.165. The molecule has 0 unspecified atom stereocenters. The molecule has 160 valence electrons. The van der Waals surface area contributed by atoms with Gasteiger partial charge >= 0.3 is 0 Å². The lowest BCUT2D eigenvalue weighted by Crippen LogP contribution is -2.42. The summed E-state index contributed by atoms with van der Waals surface area (Å²) in [6.07, 6.45) is 4.22. The van der Waals surface area contributed by atoms with Crippen LogP contribution in [0.5, 0.6) is 0 Å². The molecule has 1 N–H and O–H groups in total. The minimum absolute atomic E-state index is 0.00473. The number of carbonyl (C=O) groups is 3. The maximum absolute atomic E-state index is 12.5. The first-order valence-electron chi connectivity index (χ1n) is 10.3. The van der Waals surface area contributed by atoms with Gasteiger partial charge in [-0.3, -0.25) is 14.4 Å². The van der Waals surface area contributed by atoms with Gasteiger partial charge in [-0.15, -0.1) is 0 Å². The Morgan fingerprint density at radius 1 is 1.10 bits per heavy atom. The van der Waals surface area contributed by atoms with Gasteiger partial charge in [0.25, 0.3) is 11.8 Å². The van der Waals surface area contributed by atoms with Crippen LogP contribution in [0.2, 0.25) is 0 Å². The number of hydrogen-bond acceptors (Lipinski definition) is 4. The molecular weight excluding hydrogens is 382 g/mol. The molecule has 1 aromatic carbocycles. The van der Waals surface area contributed by atoms with Crippen molar-refractivity contribution in [3.05, 3.63) is 59.5 Å². The standard InChI is InChI=1S/C23H29N3O4/c1-16(2)25(3)22(28)19-6-4-17(5-7-19)14-24-21(27)18-8-11-26(12-9-18)23(29)20-10-13-30-15-20/h4-7,10,13,15-16,18H,8-9,11-12,14H2,1-3H3,(H,24,27). The first-order chi connectivity index (χ1) is 14.4. The van der Waals surface area contributed by atoms with E-state index < -0.39 is 0 Å². The third-order valence-electron chi connectivity index (χ3n) is 5.68. The van der Waals surface area contributed by atoms with Crippen molar-refractivity contribution in [2.24, 2.45) is 5.92 Å². The minimum atomic E-state index is -0.0982. The highest BCUT2D eigenvalue weighted by Gasteiger charge is 2.28. The summed E-state index contributed by atoms with van der Waals surface area (Å²) in [6.45, 7) is 5.48. The van der Waals surface area contributed by atoms with Crippen LogP contribution >= 0.6 is 0 Å². The molecule has 2 heterocycles. The van der Waals surface area contributed by atoms with Gasteiger partial charge in [-0.05, 0) is 50.5 Å². The van der Waals surface area contributed by atoms with Gasteiger partial charge in [0.1, 0.15) is 6.26 Å². The average Bonchev–Trinajstić information content (AvgIpc) is 3.31. The van der Waals surface area contributed by atoms with Crippen molar-refractivity contribution in [1.82, 2.24) is 15.1 Å². The van der Waals surface area contributed by atoms with E-state index in [1.54, 1.807) is 35.0 Å². The second-order valence-electron chi connectivity index (χ2n) is 8.00. The van der Waals surface area contributed by atoms with E-state index in [-0.39, 0.29) is 29.7 Å². The molecule has 7 nitrogen and oxygen atoms in total. The van der Waals surface area contributed by atoms with E-state index in [1.807, 2.05) is 26.0 Å². The fourth-order valence-electron chi connectivity index (χ4n) is 3.45. The highest BCUT2D eigenvalue weighted by molar-refractivity contribution is 5.94. The quantitative estimate of drug-likeness (QED) is 0.792. The predicted octanol–water partition coefficient (Wildman–Crippen LogP) is 2.93. The number of nitrogens with one attached hydrogen (secondary N) is 1. The summed E-state index contributed by atoms with van der Waals surface area (Å²) in [7, 11) is 1.79. The number of amides is 3. The van der Waals surface area contributed by atoms with E-state index in [1.165, 1.54) is 12.5 Å². The van der Waals surface area contributed by atoms with Crippen LogP contribution in [0, 0.1) is 5.92 Å². The molecule has 0 atom stereocenters. The third kappa shape index (κ3) is 5.09. The molecule has 3 amide bonds. The monoisotopic (exact) mass is 411 g/mol. The first kappa shape index (κ1) is 21.6. The summed E-state index contributed by atoms with van der Waals surface area (Å²) >= 11 is 0. The van der Waals surface area contributed by atoms with E-state index in [9.17, 15) is 14.4 Å². The summed E-state index contributed by atoms with van der Waals surface area (Å²) in [4.78, 5) is 40.7. The van der Waals surface area contributed by atoms with Crippen LogP contribution in [0.3, 0.4) is 0 Å². The average molecular weight is 412 g/mol. The Labute approximate surface area is 177 Å². The molecule has 2 aromatic rings. The highest BCUT2D eigenvalue weighted by atomic mass is 16.3. The van der Waals surface area contributed by atoms with Gasteiger partial charge in [0.05, 0.1) is 11.8 Å². The number of hydrogen-bond donors (Lipinski definition) is 1. The smallest absolute Gasteiger partial charge is 0.257 e. The van der Waals surface area contributed by atoms with Crippen molar-refractivity contribution >= 4 is 17.7 Å². The molecule has 1 aliphatic heterocycles. The van der Waals surface area contributed by atoms with Gasteiger partial charge in [0.2, 0.25) is 5.91 Å². The van der Waals surface area contributed by atoms with E-state index in [0.29, 0.717) is 43.6 Å². The van der Waals surface area contributed by atoms with Crippen molar-refractivity contribution < 1.29 is 18.8 Å². The summed E-state index contributed by atoms with van der Waals surface area (Å²) in [5.41, 5.74) is 2.12. The molecule has 0 bridgehead atoms. The number of rotatable bonds is 6. The lowest BCUT2D eigenvalue weighted by molar-refractivity contribution is -0.126. The van der Waals surface area contributed by atoms with Crippen LogP contribution in [-0.4, -0.2) is 53.7 Å². The van der Waals surface area contributed by atoms with Crippen molar-refractivity contribution in [2.45, 2.75) is 39.3 Å². The lowest BCUT2D eigenvalue weighted by Gasteiger charge is -2.31. The van der Waals surface area contributed by atoms with Gasteiger partial charge in [0, 0.05) is 44.2 Å². The normalized spacial score (nSPS) is 14.6. The summed E-state index contributed by atoms with van der Waals surface area (Å²) < 4.78 is 4.97. The van der Waals surface area contributed by atoms with Crippen molar-refractivity contribution in [2.75, 3.05) is 20.1 Å². The molecule has 1 aliphatic rings. The molecule has 0 saturated carbocycles. The number of piperidine rings is 1. The fourth-order valence-corrected chi connectivity index (χ4v) is 3.45. The van der Waals surface area contributed by atoms with Gasteiger partial charge in [-0.2, -0.15) is 0 Å². The summed E-state index contributed by atoms with van der Waals surface area (Å²) in [6, 6.07) is 9.12. The second-order valence-corrected chi connectivity index (χ2v) is 8.00. The third-order valence-corrected chi connectivity index (χ3v) is 5.68. The number of carbonyl (C=O) groups excluding carboxylic acids is 3. The number of likely N-dealkylation sites (tertiary alicyclic amines) is 1. The van der Waals surface area contributed by atoms with Crippen LogP contribution in [0.1, 0.15) is 53.0 Å². The Bertz CT molecular complexity index is 866. The molecule has 1 aromatic heterocycles. The maximum atomic E-state index is 12.5. The zero-order valence-corrected chi connectivity index (χ0v) is 17.8. The first-order valence-corrected chi connectivity index (χ1v) is 10.3. The molecule has 30 heavy (non-hydrogen) atoms. The van der Waals surface area contributed by atoms with Crippen molar-refractivity contribution in [1.29, 1.82) is 0 Å². The van der Waals surface area contributed by atoms with E-state index in [2.05, 4.69) is 5.32 Å². The van der Waals surface area contributed by atoms with Crippen LogP contribution in [0.25, 0.3) is 0 Å². The largest absolute Gasteiger partial charge is 0.472 e. The van der Waals surface area contributed by atoms with Crippen LogP contribution in [-0.2, 0) is 11.3 Å². The summed E-state index contributed by atoms with van der Waals surface area (Å²) in [5, 5.41) is 2.98. The topological polar surface area (TPSA) is 82.9 Å². The Morgan fingerprint density at radius 3 is 2.33 bits per heavy atom. The van der Waals surface area contributed by atoms with E-state index >= 15 is 0 Å². The molecule has 1 saturated heterocycles. The molecule has 7 heteroatoms. The molecule has 0 aliphatic carbocycles. The highest BCUT2D eigenvalue weighted by Crippen LogP contribution is 2.20. The fraction of sp³-hybridized carbons (Fsp3) is 0.435. The Kier molecular flexibility index (Phi) is 6.92. The van der Waals surface area contributed by atoms with E-state index in [4.69, 9.17) is 4.42 Å². The van der Waals surface area contributed by atoms with Gasteiger partial charge < -0.3 is 19.5 Å². The van der Waals surface area contributed by atoms with Crippen LogP contribution < -0.4 is 5.32 Å². The van der Waals surface area contributed by atoms with Gasteiger partial charge in [0.15, 0.2) is 0 Å². The van der Waals surface area contributed by atoms with Crippen LogP contribution in [0.4, 0.5) is 0 Å². The number of furan rings is 1. The number of benzene rings is 1. The van der Waals surface area contributed by atoms with Gasteiger partial charge in [-0.25, -0.2) is 0 Å². The SMILES string of the molecule is CC(C)N(C)C(=O)c1ccc(CNC(=O)C2CCN(C(=O)c3ccoc3)CC2)cc1. The maximum Gasteiger partial charge on any atom is 0.257 e. The molecule has 1 fully saturated rings.